The fourth-order valence-corrected chi connectivity index (χ4v) is 2.95. The second-order valence-electron chi connectivity index (χ2n) is 5.39. The first-order valence-corrected chi connectivity index (χ1v) is 7.62. The first kappa shape index (κ1) is 14.0. The van der Waals surface area contributed by atoms with Crippen LogP contribution in [0.4, 0.5) is 0 Å². The van der Waals surface area contributed by atoms with Gasteiger partial charge >= 0.3 is 0 Å². The molecule has 1 amide bonds. The van der Waals surface area contributed by atoms with Crippen molar-refractivity contribution in [3.8, 4) is 0 Å². The molecule has 2 heterocycles. The number of nitrogens with one attached hydrogen (secondary N) is 1. The van der Waals surface area contributed by atoms with Crippen LogP contribution < -0.4 is 5.32 Å². The molecule has 20 heavy (non-hydrogen) atoms. The van der Waals surface area contributed by atoms with Gasteiger partial charge in [0.1, 0.15) is 0 Å². The predicted octanol–water partition coefficient (Wildman–Crippen LogP) is 2.14. The second kappa shape index (κ2) is 5.84. The van der Waals surface area contributed by atoms with Crippen LogP contribution in [0.5, 0.6) is 0 Å². The highest BCUT2D eigenvalue weighted by atomic mass is 35.5. The summed E-state index contributed by atoms with van der Waals surface area (Å²) >= 11 is 11.6. The van der Waals surface area contributed by atoms with Gasteiger partial charge in [0, 0.05) is 25.2 Å². The van der Waals surface area contributed by atoms with E-state index < -0.39 is 0 Å². The quantitative estimate of drug-likeness (QED) is 0.928. The van der Waals surface area contributed by atoms with Gasteiger partial charge in [-0.15, -0.1) is 10.2 Å². The van der Waals surface area contributed by atoms with Crippen LogP contribution in [0.3, 0.4) is 0 Å². The number of carbonyl (C=O) groups is 1. The van der Waals surface area contributed by atoms with Gasteiger partial charge in [0.25, 0.3) is 5.91 Å². The summed E-state index contributed by atoms with van der Waals surface area (Å²) in [6.45, 7) is 2.11. The second-order valence-corrected chi connectivity index (χ2v) is 6.13. The Hall–Kier alpha value is -0.910. The third kappa shape index (κ3) is 3.22. The van der Waals surface area contributed by atoms with E-state index in [4.69, 9.17) is 23.2 Å². The van der Waals surface area contributed by atoms with Crippen molar-refractivity contribution in [2.45, 2.75) is 37.8 Å². The molecule has 0 bridgehead atoms. The zero-order chi connectivity index (χ0) is 14.1. The Morgan fingerprint density at radius 2 is 1.90 bits per heavy atom. The molecule has 1 aromatic rings. The number of aromatic nitrogens is 2. The van der Waals surface area contributed by atoms with Crippen LogP contribution in [-0.4, -0.2) is 46.2 Å². The molecule has 1 saturated carbocycles. The molecule has 1 aliphatic heterocycles. The third-order valence-electron chi connectivity index (χ3n) is 3.89. The largest absolute Gasteiger partial charge is 0.349 e. The Morgan fingerprint density at radius 3 is 2.55 bits per heavy atom. The molecule has 1 saturated heterocycles. The van der Waals surface area contributed by atoms with Gasteiger partial charge < -0.3 is 10.2 Å². The average molecular weight is 315 g/mol. The minimum absolute atomic E-state index is 0.0855. The van der Waals surface area contributed by atoms with E-state index in [0.29, 0.717) is 0 Å². The first-order valence-electron chi connectivity index (χ1n) is 6.87. The van der Waals surface area contributed by atoms with Gasteiger partial charge in [-0.05, 0) is 31.7 Å². The van der Waals surface area contributed by atoms with E-state index in [9.17, 15) is 4.79 Å². The van der Waals surface area contributed by atoms with Crippen molar-refractivity contribution in [3.05, 3.63) is 21.9 Å². The molecular formula is C13H16Cl2N4O. The maximum absolute atomic E-state index is 12.2. The van der Waals surface area contributed by atoms with Crippen LogP contribution in [0.15, 0.2) is 6.07 Å². The van der Waals surface area contributed by atoms with E-state index >= 15 is 0 Å². The smallest absolute Gasteiger partial charge is 0.254 e. The zero-order valence-electron chi connectivity index (χ0n) is 11.0. The number of hydrogen-bond donors (Lipinski definition) is 1. The summed E-state index contributed by atoms with van der Waals surface area (Å²) in [5, 5.41) is 10.5. The molecule has 0 aromatic carbocycles. The molecule has 0 atom stereocenters. The molecule has 7 heteroatoms. The van der Waals surface area contributed by atoms with Crippen molar-refractivity contribution < 1.29 is 4.79 Å². The van der Waals surface area contributed by atoms with Crippen molar-refractivity contribution in [2.75, 3.05) is 13.1 Å². The number of nitrogens with zero attached hydrogens (tertiary/aromatic N) is 3. The molecule has 3 rings (SSSR count). The fraction of sp³-hybridized carbons (Fsp3) is 0.615. The number of piperidine rings is 1. The third-order valence-corrected chi connectivity index (χ3v) is 4.36. The first-order chi connectivity index (χ1) is 9.63. The molecule has 1 N–H and O–H groups in total. The van der Waals surface area contributed by atoms with Gasteiger partial charge in [0.2, 0.25) is 0 Å². The van der Waals surface area contributed by atoms with E-state index in [-0.39, 0.29) is 27.8 Å². The SMILES string of the molecule is O=C(NC1CCN(C2CC2)CC1)c1cc(Cl)nnc1Cl. The van der Waals surface area contributed by atoms with Gasteiger partial charge in [0.05, 0.1) is 5.56 Å². The summed E-state index contributed by atoms with van der Waals surface area (Å²) < 4.78 is 0. The summed E-state index contributed by atoms with van der Waals surface area (Å²) in [5.74, 6) is -0.225. The Bertz CT molecular complexity index is 513. The minimum Gasteiger partial charge on any atom is -0.349 e. The lowest BCUT2D eigenvalue weighted by Crippen LogP contribution is -2.45. The van der Waals surface area contributed by atoms with Crippen LogP contribution in [0.1, 0.15) is 36.0 Å². The van der Waals surface area contributed by atoms with Crippen LogP contribution >= 0.6 is 23.2 Å². The molecule has 0 spiro atoms. The standard InChI is InChI=1S/C13H16Cl2N4O/c14-11-7-10(12(15)18-17-11)13(20)16-8-3-5-19(6-4-8)9-1-2-9/h7-9H,1-6H2,(H,16,20). The molecular weight excluding hydrogens is 299 g/mol. The summed E-state index contributed by atoms with van der Waals surface area (Å²) in [4.78, 5) is 14.7. The molecule has 1 aliphatic carbocycles. The monoisotopic (exact) mass is 314 g/mol. The Kier molecular flexibility index (Phi) is 4.10. The lowest BCUT2D eigenvalue weighted by molar-refractivity contribution is 0.0908. The summed E-state index contributed by atoms with van der Waals surface area (Å²) in [5.41, 5.74) is 0.288. The van der Waals surface area contributed by atoms with Crippen LogP contribution in [-0.2, 0) is 0 Å². The normalized spacial score (nSPS) is 20.9. The number of halogens is 2. The lowest BCUT2D eigenvalue weighted by Gasteiger charge is -2.32. The van der Waals surface area contributed by atoms with Crippen LogP contribution in [0.25, 0.3) is 0 Å². The number of amides is 1. The Labute approximate surface area is 127 Å². The number of rotatable bonds is 3. The highest BCUT2D eigenvalue weighted by Crippen LogP contribution is 2.29. The van der Waals surface area contributed by atoms with Crippen LogP contribution in [0.2, 0.25) is 10.3 Å². The molecule has 108 valence electrons. The van der Waals surface area contributed by atoms with E-state index in [1.807, 2.05) is 0 Å². The zero-order valence-corrected chi connectivity index (χ0v) is 12.5. The van der Waals surface area contributed by atoms with Gasteiger partial charge in [-0.25, -0.2) is 0 Å². The van der Waals surface area contributed by atoms with Gasteiger partial charge in [0.15, 0.2) is 10.3 Å². The van der Waals surface area contributed by atoms with Gasteiger partial charge in [-0.2, -0.15) is 0 Å². The maximum atomic E-state index is 12.2. The van der Waals surface area contributed by atoms with Crippen molar-refractivity contribution >= 4 is 29.1 Å². The highest BCUT2D eigenvalue weighted by Gasteiger charge is 2.32. The molecule has 1 aromatic heterocycles. The molecule has 0 unspecified atom stereocenters. The number of likely N-dealkylation sites (tertiary alicyclic amines) is 1. The van der Waals surface area contributed by atoms with Gasteiger partial charge in [-0.3, -0.25) is 4.79 Å². The van der Waals surface area contributed by atoms with Crippen molar-refractivity contribution in [2.24, 2.45) is 0 Å². The molecule has 2 aliphatic rings. The van der Waals surface area contributed by atoms with Crippen molar-refractivity contribution in [1.82, 2.24) is 20.4 Å². The Morgan fingerprint density at radius 1 is 1.20 bits per heavy atom. The molecule has 0 radical (unpaired) electrons. The summed E-state index contributed by atoms with van der Waals surface area (Å²) in [6, 6.07) is 2.44. The van der Waals surface area contributed by atoms with E-state index in [0.717, 1.165) is 32.0 Å². The topological polar surface area (TPSA) is 58.1 Å². The van der Waals surface area contributed by atoms with Crippen LogP contribution in [0, 0.1) is 0 Å². The number of carbonyl (C=O) groups excluding carboxylic acids is 1. The minimum atomic E-state index is -0.225. The highest BCUT2D eigenvalue weighted by molar-refractivity contribution is 6.34. The summed E-state index contributed by atoms with van der Waals surface area (Å²) in [7, 11) is 0. The molecule has 2 fully saturated rings. The maximum Gasteiger partial charge on any atom is 0.254 e. The van der Waals surface area contributed by atoms with E-state index in [1.54, 1.807) is 0 Å². The van der Waals surface area contributed by atoms with E-state index in [1.165, 1.54) is 18.9 Å². The van der Waals surface area contributed by atoms with Gasteiger partial charge in [-0.1, -0.05) is 23.2 Å². The summed E-state index contributed by atoms with van der Waals surface area (Å²) in [6.07, 6.45) is 4.61. The molecule has 5 nitrogen and oxygen atoms in total. The lowest BCUT2D eigenvalue weighted by atomic mass is 10.0. The van der Waals surface area contributed by atoms with Crippen molar-refractivity contribution in [3.63, 3.8) is 0 Å². The fourth-order valence-electron chi connectivity index (χ4n) is 2.62. The van der Waals surface area contributed by atoms with E-state index in [2.05, 4.69) is 20.4 Å². The number of hydrogen-bond acceptors (Lipinski definition) is 4. The predicted molar refractivity (Wildman–Crippen MR) is 77.1 cm³/mol. The average Bonchev–Trinajstić information content (AvgIpc) is 3.27. The van der Waals surface area contributed by atoms with Crippen molar-refractivity contribution in [1.29, 1.82) is 0 Å². The Balaban J connectivity index is 1.57.